The smallest absolute Gasteiger partial charge is 0.346 e. The molecule has 5 aromatic rings. The topological polar surface area (TPSA) is 60.9 Å². The summed E-state index contributed by atoms with van der Waals surface area (Å²) in [6.45, 7) is 4.04. The Labute approximate surface area is 175 Å². The van der Waals surface area contributed by atoms with Gasteiger partial charge < -0.3 is 4.42 Å². The van der Waals surface area contributed by atoms with Crippen LogP contribution in [-0.4, -0.2) is 14.8 Å². The minimum absolute atomic E-state index is 0.348. The standard InChI is InChI=1S/C23H18BrN3O2/c1-3-7-17-21-20(16-12-14(24)10-11-18(16)29-23(21)28)19-13(2)26-27(22(19)25-17)15-8-5-4-6-9-15/h4-6,8-12H,3,7H2,1-2H3. The van der Waals surface area contributed by atoms with Crippen molar-refractivity contribution in [3.63, 3.8) is 0 Å². The lowest BCUT2D eigenvalue weighted by molar-refractivity contribution is 0.568. The van der Waals surface area contributed by atoms with Crippen molar-refractivity contribution in [2.45, 2.75) is 26.7 Å². The molecule has 3 heterocycles. The number of benzene rings is 2. The first-order valence-corrected chi connectivity index (χ1v) is 10.4. The summed E-state index contributed by atoms with van der Waals surface area (Å²) in [6.07, 6.45) is 1.57. The fourth-order valence-electron chi connectivity index (χ4n) is 3.96. The lowest BCUT2D eigenvalue weighted by Crippen LogP contribution is -2.07. The molecule has 0 aliphatic heterocycles. The number of halogens is 1. The lowest BCUT2D eigenvalue weighted by atomic mass is 10.0. The Morgan fingerprint density at radius 2 is 1.86 bits per heavy atom. The van der Waals surface area contributed by atoms with Crippen molar-refractivity contribution in [1.82, 2.24) is 14.8 Å². The van der Waals surface area contributed by atoms with Crippen LogP contribution in [0, 0.1) is 6.92 Å². The number of rotatable bonds is 3. The predicted molar refractivity (Wildman–Crippen MR) is 119 cm³/mol. The van der Waals surface area contributed by atoms with E-state index in [2.05, 4.69) is 22.9 Å². The van der Waals surface area contributed by atoms with Gasteiger partial charge in [0.05, 0.1) is 27.8 Å². The Morgan fingerprint density at radius 3 is 2.62 bits per heavy atom. The molecule has 0 fully saturated rings. The molecular weight excluding hydrogens is 430 g/mol. The molecule has 6 heteroatoms. The van der Waals surface area contributed by atoms with Crippen LogP contribution in [0.15, 0.2) is 62.2 Å². The number of aryl methyl sites for hydroxylation is 2. The Morgan fingerprint density at radius 1 is 1.07 bits per heavy atom. The Bertz CT molecular complexity index is 1450. The molecule has 0 radical (unpaired) electrons. The van der Waals surface area contributed by atoms with Gasteiger partial charge in [-0.3, -0.25) is 0 Å². The van der Waals surface area contributed by atoms with Gasteiger partial charge in [-0.1, -0.05) is 47.5 Å². The van der Waals surface area contributed by atoms with Crippen molar-refractivity contribution < 1.29 is 4.42 Å². The number of pyridine rings is 1. The van der Waals surface area contributed by atoms with Crippen LogP contribution in [0.3, 0.4) is 0 Å². The van der Waals surface area contributed by atoms with Gasteiger partial charge in [0.1, 0.15) is 5.58 Å². The highest BCUT2D eigenvalue weighted by Crippen LogP contribution is 2.35. The molecule has 0 aliphatic rings. The Balaban J connectivity index is 2.06. The zero-order chi connectivity index (χ0) is 20.1. The summed E-state index contributed by atoms with van der Waals surface area (Å²) < 4.78 is 8.44. The van der Waals surface area contributed by atoms with E-state index in [-0.39, 0.29) is 5.63 Å². The number of hydrogen-bond acceptors (Lipinski definition) is 4. The number of aromatic nitrogens is 3. The summed E-state index contributed by atoms with van der Waals surface area (Å²) in [6, 6.07) is 15.6. The monoisotopic (exact) mass is 447 g/mol. The fraction of sp³-hybridized carbons (Fsp3) is 0.174. The fourth-order valence-corrected chi connectivity index (χ4v) is 4.32. The van der Waals surface area contributed by atoms with Crippen molar-refractivity contribution in [3.8, 4) is 5.69 Å². The molecule has 144 valence electrons. The van der Waals surface area contributed by atoms with Gasteiger partial charge in [-0.2, -0.15) is 5.10 Å². The Kier molecular flexibility index (Phi) is 4.24. The van der Waals surface area contributed by atoms with Gasteiger partial charge in [-0.25, -0.2) is 14.5 Å². The molecule has 0 amide bonds. The number of hydrogen-bond donors (Lipinski definition) is 0. The van der Waals surface area contributed by atoms with Crippen molar-refractivity contribution in [3.05, 3.63) is 74.8 Å². The maximum atomic E-state index is 13.0. The first-order chi connectivity index (χ1) is 14.1. The normalized spacial score (nSPS) is 11.7. The molecule has 0 N–H and O–H groups in total. The molecular formula is C23H18BrN3O2. The first kappa shape index (κ1) is 18.1. The predicted octanol–water partition coefficient (Wildman–Crippen LogP) is 5.70. The third-order valence-electron chi connectivity index (χ3n) is 5.17. The highest BCUT2D eigenvalue weighted by molar-refractivity contribution is 9.10. The number of para-hydroxylation sites is 1. The number of fused-ring (bicyclic) bond motifs is 5. The van der Waals surface area contributed by atoms with E-state index in [1.807, 2.05) is 60.1 Å². The van der Waals surface area contributed by atoms with E-state index in [9.17, 15) is 4.79 Å². The van der Waals surface area contributed by atoms with Gasteiger partial charge in [0, 0.05) is 15.2 Å². The van der Waals surface area contributed by atoms with Crippen molar-refractivity contribution >= 4 is 48.7 Å². The second-order valence-corrected chi connectivity index (χ2v) is 8.04. The summed E-state index contributed by atoms with van der Waals surface area (Å²) in [5.74, 6) is 0. The van der Waals surface area contributed by atoms with Gasteiger partial charge in [0.15, 0.2) is 5.65 Å². The zero-order valence-electron chi connectivity index (χ0n) is 16.1. The molecule has 0 spiro atoms. The van der Waals surface area contributed by atoms with Crippen LogP contribution in [0.5, 0.6) is 0 Å². The van der Waals surface area contributed by atoms with Crippen molar-refractivity contribution in [2.24, 2.45) is 0 Å². The summed E-state index contributed by atoms with van der Waals surface area (Å²) in [5.41, 5.74) is 3.50. The van der Waals surface area contributed by atoms with Crippen LogP contribution in [-0.2, 0) is 6.42 Å². The van der Waals surface area contributed by atoms with Crippen molar-refractivity contribution in [1.29, 1.82) is 0 Å². The first-order valence-electron chi connectivity index (χ1n) is 9.58. The van der Waals surface area contributed by atoms with Gasteiger partial charge in [0.2, 0.25) is 0 Å². The quantitative estimate of drug-likeness (QED) is 0.262. The molecule has 0 bridgehead atoms. The van der Waals surface area contributed by atoms with E-state index in [1.165, 1.54) is 0 Å². The largest absolute Gasteiger partial charge is 0.422 e. The Hall–Kier alpha value is -2.99. The second-order valence-electron chi connectivity index (χ2n) is 7.12. The highest BCUT2D eigenvalue weighted by atomic mass is 79.9. The summed E-state index contributed by atoms with van der Waals surface area (Å²) >= 11 is 3.55. The van der Waals surface area contributed by atoms with Gasteiger partial charge in [0.25, 0.3) is 0 Å². The third-order valence-corrected chi connectivity index (χ3v) is 5.66. The van der Waals surface area contributed by atoms with Crippen LogP contribution < -0.4 is 5.63 Å². The third kappa shape index (κ3) is 2.78. The van der Waals surface area contributed by atoms with E-state index in [4.69, 9.17) is 14.5 Å². The maximum absolute atomic E-state index is 13.0. The summed E-state index contributed by atoms with van der Waals surface area (Å²) in [7, 11) is 0. The van der Waals surface area contributed by atoms with Gasteiger partial charge in [-0.05, 0) is 43.7 Å². The summed E-state index contributed by atoms with van der Waals surface area (Å²) in [5, 5.41) is 7.97. The van der Waals surface area contributed by atoms with Crippen LogP contribution in [0.4, 0.5) is 0 Å². The zero-order valence-corrected chi connectivity index (χ0v) is 17.7. The van der Waals surface area contributed by atoms with Crippen LogP contribution in [0.25, 0.3) is 38.5 Å². The summed E-state index contributed by atoms with van der Waals surface area (Å²) in [4.78, 5) is 17.9. The van der Waals surface area contributed by atoms with Crippen molar-refractivity contribution in [2.75, 3.05) is 0 Å². The molecule has 0 saturated carbocycles. The van der Waals surface area contributed by atoms with Gasteiger partial charge in [-0.15, -0.1) is 0 Å². The molecule has 2 aromatic carbocycles. The van der Waals surface area contributed by atoms with Crippen LogP contribution in [0.2, 0.25) is 0 Å². The van der Waals surface area contributed by atoms with Crippen LogP contribution >= 0.6 is 15.9 Å². The lowest BCUT2D eigenvalue weighted by Gasteiger charge is -2.10. The second kappa shape index (κ2) is 6.81. The average Bonchev–Trinajstić information content (AvgIpc) is 3.05. The molecule has 0 saturated heterocycles. The number of nitrogens with zero attached hydrogens (tertiary/aromatic N) is 3. The van der Waals surface area contributed by atoms with E-state index in [0.29, 0.717) is 17.4 Å². The minimum Gasteiger partial charge on any atom is -0.422 e. The van der Waals surface area contributed by atoms with E-state index in [1.54, 1.807) is 0 Å². The van der Waals surface area contributed by atoms with E-state index >= 15 is 0 Å². The molecule has 5 rings (SSSR count). The SMILES string of the molecule is CCCc1nc2c(c(C)nn2-c2ccccc2)c2c1c(=O)oc1ccc(Br)cc12. The van der Waals surface area contributed by atoms with Crippen LogP contribution in [0.1, 0.15) is 24.7 Å². The molecule has 0 atom stereocenters. The average molecular weight is 448 g/mol. The molecule has 0 aliphatic carbocycles. The minimum atomic E-state index is -0.348. The van der Waals surface area contributed by atoms with E-state index in [0.717, 1.165) is 49.8 Å². The molecule has 5 nitrogen and oxygen atoms in total. The molecule has 3 aromatic heterocycles. The maximum Gasteiger partial charge on any atom is 0.346 e. The molecule has 0 unspecified atom stereocenters. The van der Waals surface area contributed by atoms with E-state index < -0.39 is 0 Å². The highest BCUT2D eigenvalue weighted by Gasteiger charge is 2.21. The molecule has 29 heavy (non-hydrogen) atoms. The van der Waals surface area contributed by atoms with Gasteiger partial charge >= 0.3 is 5.63 Å².